The van der Waals surface area contributed by atoms with E-state index in [1.165, 1.54) is 0 Å². The van der Waals surface area contributed by atoms with E-state index in [1.54, 1.807) is 24.5 Å². The van der Waals surface area contributed by atoms with Crippen LogP contribution in [0.4, 0.5) is 0 Å². The van der Waals surface area contributed by atoms with Crippen molar-refractivity contribution >= 4 is 57.0 Å². The first-order chi connectivity index (χ1) is 13.6. The molecule has 1 N–H and O–H groups in total. The molecule has 5 nitrogen and oxygen atoms in total. The van der Waals surface area contributed by atoms with Crippen LogP contribution in [-0.4, -0.2) is 26.1 Å². The molecule has 1 fully saturated rings. The number of thiocarbonyl (C=S) groups is 1. The molecule has 138 valence electrons. The second-order valence-electron chi connectivity index (χ2n) is 6.15. The Hall–Kier alpha value is -3.03. The average molecular weight is 406 g/mol. The third kappa shape index (κ3) is 3.81. The molecule has 2 amide bonds. The van der Waals surface area contributed by atoms with Gasteiger partial charge in [-0.3, -0.25) is 20.0 Å². The molecule has 2 heterocycles. The first kappa shape index (κ1) is 18.3. The van der Waals surface area contributed by atoms with Crippen LogP contribution >= 0.6 is 24.0 Å². The summed E-state index contributed by atoms with van der Waals surface area (Å²) in [5.41, 5.74) is 4.33. The predicted octanol–water partition coefficient (Wildman–Crippen LogP) is 3.71. The fourth-order valence-electron chi connectivity index (χ4n) is 2.96. The van der Waals surface area contributed by atoms with E-state index in [0.29, 0.717) is 9.23 Å². The summed E-state index contributed by atoms with van der Waals surface area (Å²) in [7, 11) is 0. The number of pyridine rings is 1. The highest BCUT2D eigenvalue weighted by atomic mass is 32.2. The third-order valence-electron chi connectivity index (χ3n) is 4.24. The molecule has 1 saturated heterocycles. The Labute approximate surface area is 171 Å². The van der Waals surface area contributed by atoms with Gasteiger partial charge in [0.15, 0.2) is 4.32 Å². The van der Waals surface area contributed by atoms with Gasteiger partial charge in [-0.05, 0) is 46.3 Å². The fourth-order valence-corrected chi connectivity index (χ4v) is 4.14. The van der Waals surface area contributed by atoms with Crippen molar-refractivity contribution in [2.75, 3.05) is 0 Å². The predicted molar refractivity (Wildman–Crippen MR) is 115 cm³/mol. The lowest BCUT2D eigenvalue weighted by Crippen LogP contribution is -2.45. The zero-order valence-corrected chi connectivity index (χ0v) is 16.3. The van der Waals surface area contributed by atoms with Gasteiger partial charge >= 0.3 is 0 Å². The first-order valence-corrected chi connectivity index (χ1v) is 9.78. The summed E-state index contributed by atoms with van der Waals surface area (Å²) >= 11 is 6.42. The molecule has 1 aliphatic heterocycles. The van der Waals surface area contributed by atoms with E-state index in [4.69, 9.17) is 12.2 Å². The molecule has 2 aromatic carbocycles. The van der Waals surface area contributed by atoms with Crippen LogP contribution in [0.15, 0.2) is 71.9 Å². The van der Waals surface area contributed by atoms with Crippen molar-refractivity contribution in [1.29, 1.82) is 0 Å². The highest BCUT2D eigenvalue weighted by Crippen LogP contribution is 2.31. The maximum atomic E-state index is 12.6. The van der Waals surface area contributed by atoms with E-state index in [9.17, 15) is 9.59 Å². The number of thioether (sulfide) groups is 1. The number of nitrogens with zero attached hydrogens (tertiary/aromatic N) is 2. The largest absolute Gasteiger partial charge is 0.285 e. The molecule has 0 atom stereocenters. The minimum absolute atomic E-state index is 0.153. The van der Waals surface area contributed by atoms with Crippen LogP contribution in [0, 0.1) is 0 Å². The van der Waals surface area contributed by atoms with Crippen molar-refractivity contribution in [2.45, 2.75) is 6.42 Å². The molecular formula is C21H15N3O2S2. The smallest absolute Gasteiger partial charge is 0.273 e. The van der Waals surface area contributed by atoms with Gasteiger partial charge in [0.1, 0.15) is 0 Å². The van der Waals surface area contributed by atoms with Crippen LogP contribution in [0.5, 0.6) is 0 Å². The van der Waals surface area contributed by atoms with Gasteiger partial charge in [0.2, 0.25) is 5.91 Å². The number of amides is 2. The maximum absolute atomic E-state index is 12.6. The molecule has 1 aliphatic rings. The molecule has 0 saturated carbocycles. The number of nitrogens with one attached hydrogen (secondary N) is 1. The second kappa shape index (κ2) is 7.92. The van der Waals surface area contributed by atoms with Crippen LogP contribution in [0.25, 0.3) is 16.8 Å². The summed E-state index contributed by atoms with van der Waals surface area (Å²) in [5, 5.41) is 3.22. The quantitative estimate of drug-likeness (QED) is 0.530. The van der Waals surface area contributed by atoms with Gasteiger partial charge < -0.3 is 0 Å². The Bertz CT molecular complexity index is 1110. The van der Waals surface area contributed by atoms with E-state index in [1.807, 2.05) is 48.5 Å². The average Bonchev–Trinajstić information content (AvgIpc) is 2.96. The molecule has 0 bridgehead atoms. The van der Waals surface area contributed by atoms with E-state index < -0.39 is 0 Å². The number of carbonyl (C=O) groups excluding carboxylic acids is 2. The molecule has 0 aliphatic carbocycles. The zero-order chi connectivity index (χ0) is 19.5. The molecule has 1 aromatic heterocycles. The molecule has 7 heteroatoms. The zero-order valence-electron chi connectivity index (χ0n) is 14.7. The molecule has 0 unspecified atom stereocenters. The molecule has 0 radical (unpaired) electrons. The van der Waals surface area contributed by atoms with Gasteiger partial charge in [0.25, 0.3) is 5.91 Å². The van der Waals surface area contributed by atoms with E-state index in [2.05, 4.69) is 10.4 Å². The van der Waals surface area contributed by atoms with Crippen molar-refractivity contribution in [3.63, 3.8) is 0 Å². The Kier molecular flexibility index (Phi) is 5.18. The Morgan fingerprint density at radius 1 is 1.14 bits per heavy atom. The number of hydrogen-bond donors (Lipinski definition) is 1. The topological polar surface area (TPSA) is 62.3 Å². The van der Waals surface area contributed by atoms with E-state index in [-0.39, 0.29) is 18.2 Å². The van der Waals surface area contributed by atoms with Gasteiger partial charge in [-0.15, -0.1) is 0 Å². The molecule has 4 rings (SSSR count). The van der Waals surface area contributed by atoms with Crippen molar-refractivity contribution < 1.29 is 9.59 Å². The lowest BCUT2D eigenvalue weighted by Gasteiger charge is -2.16. The Balaban J connectivity index is 1.49. The van der Waals surface area contributed by atoms with Crippen molar-refractivity contribution in [2.24, 2.45) is 0 Å². The fraction of sp³-hybridized carbons (Fsp3) is 0.0476. The molecule has 3 aromatic rings. The summed E-state index contributed by atoms with van der Waals surface area (Å²) in [5.74, 6) is -0.639. The van der Waals surface area contributed by atoms with Crippen LogP contribution in [-0.2, 0) is 16.0 Å². The van der Waals surface area contributed by atoms with Crippen LogP contribution in [0.3, 0.4) is 0 Å². The molecule has 28 heavy (non-hydrogen) atoms. The number of hydrogen-bond acceptors (Lipinski definition) is 5. The third-order valence-corrected chi connectivity index (χ3v) is 5.55. The van der Waals surface area contributed by atoms with Crippen LogP contribution in [0.2, 0.25) is 0 Å². The van der Waals surface area contributed by atoms with Gasteiger partial charge in [-0.25, -0.2) is 0 Å². The number of hydrazine groups is 1. The Morgan fingerprint density at radius 3 is 2.79 bits per heavy atom. The first-order valence-electron chi connectivity index (χ1n) is 8.56. The van der Waals surface area contributed by atoms with Gasteiger partial charge in [0, 0.05) is 12.4 Å². The van der Waals surface area contributed by atoms with E-state index in [0.717, 1.165) is 38.7 Å². The number of rotatable bonds is 4. The van der Waals surface area contributed by atoms with Crippen LogP contribution < -0.4 is 5.43 Å². The summed E-state index contributed by atoms with van der Waals surface area (Å²) in [4.78, 5) is 29.7. The summed E-state index contributed by atoms with van der Waals surface area (Å²) in [6.45, 7) is 0. The highest BCUT2D eigenvalue weighted by Gasteiger charge is 2.33. The lowest BCUT2D eigenvalue weighted by atomic mass is 10.0. The van der Waals surface area contributed by atoms with E-state index >= 15 is 0 Å². The van der Waals surface area contributed by atoms with Crippen LogP contribution in [0.1, 0.15) is 11.1 Å². The van der Waals surface area contributed by atoms with Gasteiger partial charge in [0.05, 0.1) is 11.3 Å². The highest BCUT2D eigenvalue weighted by molar-refractivity contribution is 8.26. The maximum Gasteiger partial charge on any atom is 0.285 e. The molecule has 0 spiro atoms. The van der Waals surface area contributed by atoms with Gasteiger partial charge in [-0.1, -0.05) is 60.3 Å². The summed E-state index contributed by atoms with van der Waals surface area (Å²) in [6.07, 6.45) is 5.19. The number of fused-ring (bicyclic) bond motifs is 1. The molecular weight excluding hydrogens is 390 g/mol. The lowest BCUT2D eigenvalue weighted by molar-refractivity contribution is -0.132. The monoisotopic (exact) mass is 405 g/mol. The summed E-state index contributed by atoms with van der Waals surface area (Å²) < 4.78 is 0.298. The SMILES string of the molecule is O=C(Cc1cccc2ccccc12)NN1C(=O)/C(=C\c2cccnc2)SC1=S. The minimum atomic E-state index is -0.342. The summed E-state index contributed by atoms with van der Waals surface area (Å²) in [6, 6.07) is 17.3. The Morgan fingerprint density at radius 2 is 1.96 bits per heavy atom. The number of benzene rings is 2. The van der Waals surface area contributed by atoms with Crippen molar-refractivity contribution in [3.05, 3.63) is 83.0 Å². The number of aromatic nitrogens is 1. The van der Waals surface area contributed by atoms with Crippen molar-refractivity contribution in [3.8, 4) is 0 Å². The van der Waals surface area contributed by atoms with Gasteiger partial charge in [-0.2, -0.15) is 5.01 Å². The second-order valence-corrected chi connectivity index (χ2v) is 7.83. The minimum Gasteiger partial charge on any atom is -0.273 e. The normalized spacial score (nSPS) is 15.4. The standard InChI is InChI=1S/C21H15N3O2S2/c25-19(12-16-8-3-7-15-6-1-2-9-17(15)16)23-24-20(26)18(28-21(24)27)11-14-5-4-10-22-13-14/h1-11,13H,12H2,(H,23,25)/b18-11+. The van der Waals surface area contributed by atoms with Crippen molar-refractivity contribution in [1.82, 2.24) is 15.4 Å². The number of carbonyl (C=O) groups is 2.